The van der Waals surface area contributed by atoms with Crippen molar-refractivity contribution in [1.29, 1.82) is 0 Å². The van der Waals surface area contributed by atoms with Crippen LogP contribution in [0.25, 0.3) is 0 Å². The van der Waals surface area contributed by atoms with E-state index in [0.29, 0.717) is 17.9 Å². The molecule has 2 fully saturated rings. The number of hydrogen-bond acceptors (Lipinski definition) is 3. The van der Waals surface area contributed by atoms with Gasteiger partial charge in [-0.05, 0) is 45.8 Å². The largest absolute Gasteiger partial charge is 0.337 e. The van der Waals surface area contributed by atoms with E-state index in [1.807, 2.05) is 0 Å². The lowest BCUT2D eigenvalue weighted by Crippen LogP contribution is -2.50. The quantitative estimate of drug-likeness (QED) is 0.725. The molecule has 0 aromatic heterocycles. The zero-order chi connectivity index (χ0) is 12.4. The fourth-order valence-corrected chi connectivity index (χ4v) is 3.04. The van der Waals surface area contributed by atoms with Crippen molar-refractivity contribution in [3.05, 3.63) is 0 Å². The molecule has 4 heteroatoms. The highest BCUT2D eigenvalue weighted by molar-refractivity contribution is 5.82. The van der Waals surface area contributed by atoms with Gasteiger partial charge in [0.15, 0.2) is 0 Å². The number of hydrogen-bond donors (Lipinski definition) is 1. The van der Waals surface area contributed by atoms with E-state index in [4.69, 9.17) is 0 Å². The molecule has 0 radical (unpaired) electrons. The van der Waals surface area contributed by atoms with Crippen LogP contribution in [0, 0.1) is 5.92 Å². The summed E-state index contributed by atoms with van der Waals surface area (Å²) < 4.78 is 0. The van der Waals surface area contributed by atoms with Crippen LogP contribution in [0.4, 0.5) is 0 Å². The number of rotatable bonds is 1. The van der Waals surface area contributed by atoms with Gasteiger partial charge in [-0.25, -0.2) is 0 Å². The number of carbonyl (C=O) groups excluding carboxylic acids is 1. The van der Waals surface area contributed by atoms with Crippen LogP contribution in [0.15, 0.2) is 0 Å². The summed E-state index contributed by atoms with van der Waals surface area (Å²) in [5.74, 6) is 0.800. The molecule has 98 valence electrons. The molecule has 0 aliphatic carbocycles. The fraction of sp³-hybridized carbons (Fsp3) is 0.923. The predicted molar refractivity (Wildman–Crippen MR) is 68.9 cm³/mol. The fourth-order valence-electron chi connectivity index (χ4n) is 3.04. The molecule has 0 aromatic carbocycles. The Morgan fingerprint density at radius 1 is 1.29 bits per heavy atom. The van der Waals surface area contributed by atoms with Gasteiger partial charge in [0.1, 0.15) is 0 Å². The number of likely N-dealkylation sites (N-methyl/N-ethyl adjacent to an activating group) is 1. The monoisotopic (exact) mass is 239 g/mol. The molecule has 0 saturated carbocycles. The van der Waals surface area contributed by atoms with Gasteiger partial charge in [0.2, 0.25) is 5.91 Å². The van der Waals surface area contributed by atoms with Gasteiger partial charge in [-0.2, -0.15) is 0 Å². The van der Waals surface area contributed by atoms with E-state index >= 15 is 0 Å². The number of carbonyl (C=O) groups is 1. The van der Waals surface area contributed by atoms with Crippen LogP contribution in [0.1, 0.15) is 26.7 Å². The molecule has 4 nitrogen and oxygen atoms in total. The minimum atomic E-state index is 0.0563. The van der Waals surface area contributed by atoms with E-state index in [1.165, 1.54) is 0 Å². The highest BCUT2D eigenvalue weighted by atomic mass is 16.2. The van der Waals surface area contributed by atoms with Crippen LogP contribution in [0.5, 0.6) is 0 Å². The van der Waals surface area contributed by atoms with Crippen molar-refractivity contribution in [3.63, 3.8) is 0 Å². The van der Waals surface area contributed by atoms with Crippen molar-refractivity contribution in [2.24, 2.45) is 5.92 Å². The molecule has 2 heterocycles. The summed E-state index contributed by atoms with van der Waals surface area (Å²) in [7, 11) is 2.14. The third-order valence-corrected chi connectivity index (χ3v) is 4.13. The second-order valence-electron chi connectivity index (χ2n) is 5.69. The first-order valence-corrected chi connectivity index (χ1v) is 6.82. The Balaban J connectivity index is 2.02. The first-order valence-electron chi connectivity index (χ1n) is 6.82. The highest BCUT2D eigenvalue weighted by Crippen LogP contribution is 2.19. The molecule has 0 aromatic rings. The maximum absolute atomic E-state index is 12.5. The lowest BCUT2D eigenvalue weighted by atomic mass is 10.0. The van der Waals surface area contributed by atoms with Crippen LogP contribution < -0.4 is 5.32 Å². The van der Waals surface area contributed by atoms with Crippen LogP contribution in [0.2, 0.25) is 0 Å². The molecule has 3 unspecified atom stereocenters. The Morgan fingerprint density at radius 2 is 2.06 bits per heavy atom. The second kappa shape index (κ2) is 5.36. The van der Waals surface area contributed by atoms with Crippen molar-refractivity contribution in [3.8, 4) is 0 Å². The van der Waals surface area contributed by atoms with Crippen LogP contribution in [0.3, 0.4) is 0 Å². The van der Waals surface area contributed by atoms with Crippen molar-refractivity contribution < 1.29 is 4.79 Å². The van der Waals surface area contributed by atoms with E-state index in [0.717, 1.165) is 39.0 Å². The Bertz CT molecular complexity index is 282. The van der Waals surface area contributed by atoms with Crippen LogP contribution in [-0.2, 0) is 4.79 Å². The Hall–Kier alpha value is -0.610. The maximum atomic E-state index is 12.5. The van der Waals surface area contributed by atoms with Crippen LogP contribution >= 0.6 is 0 Å². The number of amides is 1. The number of nitrogens with zero attached hydrogens (tertiary/aromatic N) is 2. The third-order valence-electron chi connectivity index (χ3n) is 4.13. The molecular formula is C13H25N3O. The molecule has 2 aliphatic rings. The molecule has 3 atom stereocenters. The van der Waals surface area contributed by atoms with Crippen molar-refractivity contribution in [2.45, 2.75) is 38.8 Å². The minimum absolute atomic E-state index is 0.0563. The Morgan fingerprint density at radius 3 is 2.71 bits per heavy atom. The van der Waals surface area contributed by atoms with Crippen molar-refractivity contribution in [1.82, 2.24) is 15.1 Å². The molecular weight excluding hydrogens is 214 g/mol. The molecule has 2 rings (SSSR count). The zero-order valence-electron chi connectivity index (χ0n) is 11.3. The van der Waals surface area contributed by atoms with Gasteiger partial charge < -0.3 is 15.1 Å². The van der Waals surface area contributed by atoms with E-state index in [2.05, 4.69) is 36.0 Å². The van der Waals surface area contributed by atoms with Gasteiger partial charge >= 0.3 is 0 Å². The van der Waals surface area contributed by atoms with E-state index in [1.54, 1.807) is 0 Å². The molecule has 1 amide bonds. The molecule has 17 heavy (non-hydrogen) atoms. The molecule has 0 bridgehead atoms. The lowest BCUT2D eigenvalue weighted by molar-refractivity contribution is -0.135. The van der Waals surface area contributed by atoms with Crippen LogP contribution in [-0.4, -0.2) is 61.0 Å². The normalized spacial score (nSPS) is 35.9. The third kappa shape index (κ3) is 2.80. The van der Waals surface area contributed by atoms with Gasteiger partial charge in [-0.15, -0.1) is 0 Å². The Kier molecular flexibility index (Phi) is 4.05. The lowest BCUT2D eigenvalue weighted by Gasteiger charge is -2.31. The summed E-state index contributed by atoms with van der Waals surface area (Å²) in [6.45, 7) is 8.33. The Labute approximate surface area is 104 Å². The van der Waals surface area contributed by atoms with Crippen molar-refractivity contribution in [2.75, 3.05) is 33.2 Å². The van der Waals surface area contributed by atoms with Gasteiger partial charge in [0.05, 0.1) is 6.04 Å². The summed E-state index contributed by atoms with van der Waals surface area (Å²) in [6, 6.07) is 0.394. The predicted octanol–water partition coefficient (Wildman–Crippen LogP) is 0.537. The first kappa shape index (κ1) is 12.8. The molecule has 2 aliphatic heterocycles. The zero-order valence-corrected chi connectivity index (χ0v) is 11.3. The minimum Gasteiger partial charge on any atom is -0.337 e. The second-order valence-corrected chi connectivity index (χ2v) is 5.69. The first-order chi connectivity index (χ1) is 8.09. The average Bonchev–Trinajstić information content (AvgIpc) is 2.61. The summed E-state index contributed by atoms with van der Waals surface area (Å²) >= 11 is 0. The van der Waals surface area contributed by atoms with Gasteiger partial charge in [-0.3, -0.25) is 4.79 Å². The summed E-state index contributed by atoms with van der Waals surface area (Å²) in [4.78, 5) is 16.9. The topological polar surface area (TPSA) is 35.6 Å². The van der Waals surface area contributed by atoms with E-state index < -0.39 is 0 Å². The highest BCUT2D eigenvalue weighted by Gasteiger charge is 2.34. The summed E-state index contributed by atoms with van der Waals surface area (Å²) in [5, 5.41) is 3.35. The smallest absolute Gasteiger partial charge is 0.240 e. The molecule has 0 spiro atoms. The average molecular weight is 239 g/mol. The number of nitrogens with one attached hydrogen (secondary N) is 1. The summed E-state index contributed by atoms with van der Waals surface area (Å²) in [6.07, 6.45) is 2.21. The van der Waals surface area contributed by atoms with Gasteiger partial charge in [0, 0.05) is 19.1 Å². The van der Waals surface area contributed by atoms with Gasteiger partial charge in [-0.1, -0.05) is 6.92 Å². The van der Waals surface area contributed by atoms with Crippen molar-refractivity contribution >= 4 is 5.91 Å². The molecule has 1 N–H and O–H groups in total. The van der Waals surface area contributed by atoms with Gasteiger partial charge in [0.25, 0.3) is 0 Å². The summed E-state index contributed by atoms with van der Waals surface area (Å²) in [5.41, 5.74) is 0. The standard InChI is InChI=1S/C13H25N3O/c1-10-5-6-14-12(10)13(17)16-8-4-7-15(3)9-11(16)2/h10-12,14H,4-9H2,1-3H3. The maximum Gasteiger partial charge on any atom is 0.240 e. The molecule has 2 saturated heterocycles. The SMILES string of the molecule is CC1CCNC1C(=O)N1CCCN(C)CC1C. The van der Waals surface area contributed by atoms with E-state index in [9.17, 15) is 4.79 Å². The van der Waals surface area contributed by atoms with E-state index in [-0.39, 0.29) is 6.04 Å².